The van der Waals surface area contributed by atoms with Gasteiger partial charge in [-0.2, -0.15) is 0 Å². The Morgan fingerprint density at radius 1 is 1.36 bits per heavy atom. The van der Waals surface area contributed by atoms with Crippen molar-refractivity contribution in [2.75, 3.05) is 14.2 Å². The van der Waals surface area contributed by atoms with Crippen molar-refractivity contribution in [3.63, 3.8) is 0 Å². The Labute approximate surface area is 158 Å². The molecule has 0 bridgehead atoms. The largest absolute Gasteiger partial charge is 0.381 e. The van der Waals surface area contributed by atoms with E-state index in [0.717, 1.165) is 48.8 Å². The number of nitrogens with zero attached hydrogens (tertiary/aromatic N) is 2. The minimum absolute atomic E-state index is 0.0181. The number of hydrogen-bond donors (Lipinski definition) is 1. The quantitative estimate of drug-likeness (QED) is 0.810. The molecule has 1 fully saturated rings. The number of hydrogen-bond acceptors (Lipinski definition) is 4. The molecule has 1 aromatic carbocycles. The van der Waals surface area contributed by atoms with Crippen molar-refractivity contribution in [3.8, 4) is 0 Å². The Hall–Kier alpha value is -0.910. The third-order valence-electron chi connectivity index (χ3n) is 6.81. The van der Waals surface area contributed by atoms with Crippen LogP contribution in [0.2, 0.25) is 0 Å². The zero-order valence-corrected chi connectivity index (χ0v) is 16.8. The summed E-state index contributed by atoms with van der Waals surface area (Å²) in [5.74, 6) is 1.01. The van der Waals surface area contributed by atoms with Gasteiger partial charge in [0.15, 0.2) is 6.23 Å². The number of amidine groups is 1. The van der Waals surface area contributed by atoms with Crippen LogP contribution in [0.25, 0.3) is 0 Å². The van der Waals surface area contributed by atoms with Gasteiger partial charge in [-0.15, -0.1) is 0 Å². The number of aliphatic hydroxyl groups excluding tert-OH is 1. The first-order chi connectivity index (χ1) is 12.0. The molecule has 2 spiro atoms. The van der Waals surface area contributed by atoms with E-state index in [2.05, 4.69) is 41.1 Å². The van der Waals surface area contributed by atoms with Gasteiger partial charge in [0.1, 0.15) is 11.4 Å². The first-order valence-corrected chi connectivity index (χ1v) is 10.1. The van der Waals surface area contributed by atoms with Gasteiger partial charge in [-0.05, 0) is 55.4 Å². The Morgan fingerprint density at radius 3 is 2.68 bits per heavy atom. The summed E-state index contributed by atoms with van der Waals surface area (Å²) in [6.07, 6.45) is 5.75. The first kappa shape index (κ1) is 17.5. The molecule has 0 aromatic heterocycles. The number of methoxy groups -OCH3 is 1. The molecule has 0 amide bonds. The van der Waals surface area contributed by atoms with Crippen LogP contribution >= 0.6 is 15.9 Å². The fourth-order valence-corrected chi connectivity index (χ4v) is 5.82. The van der Waals surface area contributed by atoms with E-state index >= 15 is 0 Å². The summed E-state index contributed by atoms with van der Waals surface area (Å²) < 4.78 is 6.67. The zero-order valence-electron chi connectivity index (χ0n) is 15.3. The highest BCUT2D eigenvalue weighted by atomic mass is 79.9. The highest BCUT2D eigenvalue weighted by molar-refractivity contribution is 9.10. The lowest BCUT2D eigenvalue weighted by atomic mass is 9.61. The predicted octanol–water partition coefficient (Wildman–Crippen LogP) is 3.85. The van der Waals surface area contributed by atoms with E-state index < -0.39 is 11.8 Å². The molecular weight excluding hydrogens is 380 g/mol. The number of aliphatic imine (C=N–C) groups is 1. The Bertz CT molecular complexity index is 712. The molecule has 0 saturated heterocycles. The maximum absolute atomic E-state index is 11.4. The molecule has 2 unspecified atom stereocenters. The smallest absolute Gasteiger partial charge is 0.157 e. The molecule has 2 aliphatic carbocycles. The molecule has 5 heteroatoms. The fraction of sp³-hybridized carbons (Fsp3) is 0.650. The van der Waals surface area contributed by atoms with Crippen LogP contribution in [0.15, 0.2) is 27.7 Å². The molecule has 3 aliphatic rings. The van der Waals surface area contributed by atoms with Crippen molar-refractivity contribution in [3.05, 3.63) is 33.8 Å². The van der Waals surface area contributed by atoms with E-state index in [9.17, 15) is 5.11 Å². The van der Waals surface area contributed by atoms with Gasteiger partial charge in [0.2, 0.25) is 0 Å². The number of ether oxygens (including phenoxy) is 1. The first-order valence-electron chi connectivity index (χ1n) is 9.29. The number of rotatable bonds is 2. The molecule has 1 saturated carbocycles. The summed E-state index contributed by atoms with van der Waals surface area (Å²) in [7, 11) is 3.79. The van der Waals surface area contributed by atoms with E-state index in [0.29, 0.717) is 6.10 Å². The monoisotopic (exact) mass is 406 g/mol. The normalized spacial score (nSPS) is 37.0. The van der Waals surface area contributed by atoms with E-state index in [1.807, 2.05) is 19.1 Å². The maximum Gasteiger partial charge on any atom is 0.157 e. The van der Waals surface area contributed by atoms with Gasteiger partial charge in [-0.25, -0.2) is 0 Å². The van der Waals surface area contributed by atoms with Gasteiger partial charge in [-0.1, -0.05) is 28.9 Å². The lowest BCUT2D eigenvalue weighted by Gasteiger charge is -2.48. The predicted molar refractivity (Wildman–Crippen MR) is 103 cm³/mol. The van der Waals surface area contributed by atoms with Crippen molar-refractivity contribution in [1.29, 1.82) is 0 Å². The van der Waals surface area contributed by atoms with Crippen LogP contribution in [-0.4, -0.2) is 42.3 Å². The van der Waals surface area contributed by atoms with Crippen molar-refractivity contribution >= 4 is 21.8 Å². The van der Waals surface area contributed by atoms with Gasteiger partial charge >= 0.3 is 0 Å². The van der Waals surface area contributed by atoms with Crippen LogP contribution in [0.4, 0.5) is 0 Å². The highest BCUT2D eigenvalue weighted by Gasteiger charge is 2.65. The zero-order chi connectivity index (χ0) is 17.8. The van der Waals surface area contributed by atoms with Crippen molar-refractivity contribution in [2.45, 2.75) is 63.3 Å². The third-order valence-corrected chi connectivity index (χ3v) is 7.31. The Morgan fingerprint density at radius 2 is 2.08 bits per heavy atom. The maximum atomic E-state index is 11.4. The summed E-state index contributed by atoms with van der Waals surface area (Å²) >= 11 is 3.63. The molecule has 1 aliphatic heterocycles. The lowest BCUT2D eigenvalue weighted by Crippen LogP contribution is -2.53. The molecule has 1 N–H and O–H groups in total. The molecule has 0 radical (unpaired) electrons. The van der Waals surface area contributed by atoms with E-state index in [-0.39, 0.29) is 5.41 Å². The van der Waals surface area contributed by atoms with Crippen LogP contribution < -0.4 is 0 Å². The number of fused-ring (bicyclic) bond motifs is 3. The lowest BCUT2D eigenvalue weighted by molar-refractivity contribution is -0.0768. The second-order valence-corrected chi connectivity index (χ2v) is 8.74. The number of benzene rings is 1. The average Bonchev–Trinajstić information content (AvgIpc) is 3.04. The van der Waals surface area contributed by atoms with Crippen LogP contribution in [0.1, 0.15) is 50.2 Å². The van der Waals surface area contributed by atoms with Crippen molar-refractivity contribution in [2.24, 2.45) is 10.4 Å². The van der Waals surface area contributed by atoms with Gasteiger partial charge in [0, 0.05) is 30.5 Å². The van der Waals surface area contributed by atoms with Gasteiger partial charge < -0.3 is 14.7 Å². The molecule has 1 heterocycles. The van der Waals surface area contributed by atoms with E-state index in [4.69, 9.17) is 9.73 Å². The summed E-state index contributed by atoms with van der Waals surface area (Å²) in [6.45, 7) is 2.12. The van der Waals surface area contributed by atoms with E-state index in [1.165, 1.54) is 11.1 Å². The van der Waals surface area contributed by atoms with Crippen LogP contribution in [0.5, 0.6) is 0 Å². The SMILES string of the molecule is CCC1=NC2(c3cc(Br)ccc3CC23CCC(OC)CC3)C(O)N1C. The van der Waals surface area contributed by atoms with Crippen molar-refractivity contribution < 1.29 is 9.84 Å². The van der Waals surface area contributed by atoms with E-state index in [1.54, 1.807) is 0 Å². The second kappa shape index (κ2) is 6.07. The molecule has 4 nitrogen and oxygen atoms in total. The minimum atomic E-state index is -0.600. The topological polar surface area (TPSA) is 45.1 Å². The van der Waals surface area contributed by atoms with Gasteiger partial charge in [-0.3, -0.25) is 4.99 Å². The van der Waals surface area contributed by atoms with Crippen molar-refractivity contribution in [1.82, 2.24) is 4.90 Å². The minimum Gasteiger partial charge on any atom is -0.381 e. The third kappa shape index (κ3) is 2.28. The highest BCUT2D eigenvalue weighted by Crippen LogP contribution is 2.63. The molecule has 1 aromatic rings. The molecule has 25 heavy (non-hydrogen) atoms. The number of halogens is 1. The van der Waals surface area contributed by atoms with Crippen LogP contribution in [-0.2, 0) is 16.7 Å². The summed E-state index contributed by atoms with van der Waals surface area (Å²) in [5, 5.41) is 11.4. The van der Waals surface area contributed by atoms with Crippen LogP contribution in [0, 0.1) is 5.41 Å². The number of aliphatic hydroxyl groups is 1. The second-order valence-electron chi connectivity index (χ2n) is 7.83. The Kier molecular flexibility index (Phi) is 4.25. The van der Waals surface area contributed by atoms with Crippen LogP contribution in [0.3, 0.4) is 0 Å². The molecule has 2 atom stereocenters. The average molecular weight is 407 g/mol. The molecule has 4 rings (SSSR count). The fourth-order valence-electron chi connectivity index (χ4n) is 5.46. The summed E-state index contributed by atoms with van der Waals surface area (Å²) in [4.78, 5) is 7.23. The van der Waals surface area contributed by atoms with Gasteiger partial charge in [0.05, 0.1) is 6.10 Å². The van der Waals surface area contributed by atoms with Gasteiger partial charge in [0.25, 0.3) is 0 Å². The Balaban J connectivity index is 1.88. The standard InChI is InChI=1S/C20H27BrN2O2/c1-4-17-22-20(18(24)23(17)2)16-11-14(21)6-5-13(16)12-19(20)9-7-15(25-3)8-10-19/h5-6,11,15,18,24H,4,7-10,12H2,1-3H3. The molecule has 136 valence electrons. The molecular formula is C20H27BrN2O2. The summed E-state index contributed by atoms with van der Waals surface area (Å²) in [5.41, 5.74) is 1.98. The number of likely N-dealkylation sites (N-methyl/N-ethyl adjacent to an activating group) is 1. The summed E-state index contributed by atoms with van der Waals surface area (Å²) in [6, 6.07) is 6.51.